The molecule has 196 valence electrons. The summed E-state index contributed by atoms with van der Waals surface area (Å²) < 4.78 is 10.2. The van der Waals surface area contributed by atoms with Crippen molar-refractivity contribution in [2.24, 2.45) is 34.0 Å². The summed E-state index contributed by atoms with van der Waals surface area (Å²) in [5, 5.41) is 5.85. The van der Waals surface area contributed by atoms with E-state index in [9.17, 15) is 19.2 Å². The van der Waals surface area contributed by atoms with Crippen LogP contribution in [0.15, 0.2) is 25.3 Å². The Morgan fingerprint density at radius 1 is 0.943 bits per heavy atom. The molecular weight excluding hydrogens is 448 g/mol. The molecule has 0 heterocycles. The lowest BCUT2D eigenvalue weighted by molar-refractivity contribution is -0.156. The molecule has 8 nitrogen and oxygen atoms in total. The third-order valence-electron chi connectivity index (χ3n) is 7.29. The molecule has 0 radical (unpaired) electrons. The molecule has 0 aromatic rings. The van der Waals surface area contributed by atoms with E-state index < -0.39 is 22.8 Å². The molecule has 0 spiro atoms. The lowest BCUT2D eigenvalue weighted by atomic mass is 9.80. The molecule has 0 aromatic carbocycles. The summed E-state index contributed by atoms with van der Waals surface area (Å²) in [6, 6.07) is 0. The van der Waals surface area contributed by atoms with Crippen molar-refractivity contribution < 1.29 is 28.7 Å². The van der Waals surface area contributed by atoms with Gasteiger partial charge in [-0.05, 0) is 50.9 Å². The number of carbonyl (C=O) groups excluding carboxylic acids is 4. The number of amides is 2. The van der Waals surface area contributed by atoms with Crippen LogP contribution in [0.25, 0.3) is 0 Å². The Balaban J connectivity index is 1.82. The van der Waals surface area contributed by atoms with Crippen molar-refractivity contribution in [1.82, 2.24) is 10.6 Å². The first-order valence-corrected chi connectivity index (χ1v) is 12.6. The zero-order valence-corrected chi connectivity index (χ0v) is 21.9. The minimum absolute atomic E-state index is 0.113. The van der Waals surface area contributed by atoms with Gasteiger partial charge in [0.25, 0.3) is 0 Å². The third-order valence-corrected chi connectivity index (χ3v) is 7.29. The normalized spacial score (nSPS) is 27.7. The average molecular weight is 491 g/mol. The van der Waals surface area contributed by atoms with Crippen molar-refractivity contribution in [3.8, 4) is 0 Å². The largest absolute Gasteiger partial charge is 0.465 e. The molecule has 0 aromatic heterocycles. The highest BCUT2D eigenvalue weighted by Crippen LogP contribution is 2.55. The van der Waals surface area contributed by atoms with Crippen molar-refractivity contribution in [2.75, 3.05) is 26.3 Å². The topological polar surface area (TPSA) is 111 Å². The molecule has 8 heteroatoms. The molecule has 2 N–H and O–H groups in total. The molecule has 2 aliphatic carbocycles. The first-order valence-electron chi connectivity index (χ1n) is 12.6. The summed E-state index contributed by atoms with van der Waals surface area (Å²) in [6.07, 6.45) is 5.66. The summed E-state index contributed by atoms with van der Waals surface area (Å²) in [6.45, 7) is 18.5. The maximum Gasteiger partial charge on any atom is 0.322 e. The second-order valence-electron chi connectivity index (χ2n) is 10.7. The smallest absolute Gasteiger partial charge is 0.322 e. The van der Waals surface area contributed by atoms with Gasteiger partial charge in [-0.15, -0.1) is 13.2 Å². The number of ether oxygens (including phenoxy) is 2. The molecule has 5 unspecified atom stereocenters. The van der Waals surface area contributed by atoms with Crippen molar-refractivity contribution >= 4 is 23.8 Å². The SMILES string of the molecule is C=CC1CC1(C(=O)NCCC(C)(C)CC(C)CNC(=O)C1(C(=O)OCC)CC1C=C)C(=O)OCC. The summed E-state index contributed by atoms with van der Waals surface area (Å²) in [5.41, 5.74) is -2.39. The van der Waals surface area contributed by atoms with Crippen LogP contribution in [-0.4, -0.2) is 50.1 Å². The van der Waals surface area contributed by atoms with Gasteiger partial charge in [0.1, 0.15) is 0 Å². The first kappa shape index (κ1) is 28.6. The highest BCUT2D eigenvalue weighted by Gasteiger charge is 2.66. The maximum absolute atomic E-state index is 12.8. The van der Waals surface area contributed by atoms with Gasteiger partial charge in [-0.3, -0.25) is 19.2 Å². The van der Waals surface area contributed by atoms with Gasteiger partial charge < -0.3 is 20.1 Å². The number of nitrogens with one attached hydrogen (secondary N) is 2. The number of allylic oxidation sites excluding steroid dienone is 2. The number of esters is 2. The molecular formula is C27H42N2O6. The van der Waals surface area contributed by atoms with E-state index in [4.69, 9.17) is 9.47 Å². The van der Waals surface area contributed by atoms with E-state index in [0.29, 0.717) is 32.4 Å². The van der Waals surface area contributed by atoms with Crippen molar-refractivity contribution in [2.45, 2.75) is 60.3 Å². The molecule has 0 saturated heterocycles. The predicted octanol–water partition coefficient (Wildman–Crippen LogP) is 3.17. The zero-order chi connectivity index (χ0) is 26.4. The lowest BCUT2D eigenvalue weighted by Gasteiger charge is -2.29. The van der Waals surface area contributed by atoms with E-state index in [1.54, 1.807) is 26.0 Å². The van der Waals surface area contributed by atoms with Crippen LogP contribution in [0.5, 0.6) is 0 Å². The fourth-order valence-electron chi connectivity index (χ4n) is 5.06. The number of rotatable bonds is 15. The minimum atomic E-state index is -1.14. The molecule has 2 fully saturated rings. The van der Waals surface area contributed by atoms with Gasteiger partial charge in [-0.1, -0.05) is 32.9 Å². The van der Waals surface area contributed by atoms with Crippen molar-refractivity contribution in [3.05, 3.63) is 25.3 Å². The molecule has 2 amide bonds. The van der Waals surface area contributed by atoms with Crippen LogP contribution in [0.2, 0.25) is 0 Å². The fourth-order valence-corrected chi connectivity index (χ4v) is 5.06. The van der Waals surface area contributed by atoms with Crippen LogP contribution in [-0.2, 0) is 28.7 Å². The second-order valence-corrected chi connectivity index (χ2v) is 10.7. The van der Waals surface area contributed by atoms with Gasteiger partial charge in [-0.2, -0.15) is 0 Å². The quantitative estimate of drug-likeness (QED) is 0.207. The Morgan fingerprint density at radius 2 is 1.40 bits per heavy atom. The number of hydrogen-bond acceptors (Lipinski definition) is 6. The van der Waals surface area contributed by atoms with Crippen molar-refractivity contribution in [3.63, 3.8) is 0 Å². The average Bonchev–Trinajstić information content (AvgIpc) is 3.70. The second kappa shape index (κ2) is 11.4. The number of carbonyl (C=O) groups is 4. The molecule has 0 aliphatic heterocycles. The summed E-state index contributed by atoms with van der Waals surface area (Å²) in [5.74, 6) is -1.80. The Morgan fingerprint density at radius 3 is 1.80 bits per heavy atom. The number of hydrogen-bond donors (Lipinski definition) is 2. The van der Waals surface area contributed by atoms with Crippen LogP contribution in [0.1, 0.15) is 60.3 Å². The van der Waals surface area contributed by atoms with Crippen LogP contribution in [0.3, 0.4) is 0 Å². The predicted molar refractivity (Wildman–Crippen MR) is 133 cm³/mol. The van der Waals surface area contributed by atoms with E-state index >= 15 is 0 Å². The summed E-state index contributed by atoms with van der Waals surface area (Å²) in [7, 11) is 0. The van der Waals surface area contributed by atoms with E-state index in [-0.39, 0.29) is 48.2 Å². The van der Waals surface area contributed by atoms with Crippen molar-refractivity contribution in [1.29, 1.82) is 0 Å². The van der Waals surface area contributed by atoms with E-state index in [1.807, 2.05) is 6.92 Å². The van der Waals surface area contributed by atoms with E-state index in [2.05, 4.69) is 37.6 Å². The fraction of sp³-hybridized carbons (Fsp3) is 0.704. The molecule has 5 atom stereocenters. The van der Waals surface area contributed by atoms with Crippen LogP contribution < -0.4 is 10.6 Å². The molecule has 0 bridgehead atoms. The highest BCUT2D eigenvalue weighted by molar-refractivity contribution is 6.07. The standard InChI is InChI=1S/C27H42N2O6/c1-8-19-15-26(19,23(32)34-10-3)21(30)28-13-12-25(6,7)14-18(5)17-29-22(31)27(16-20(27)9-2)24(33)35-11-4/h8-9,18-20H,1-2,10-17H2,3-7H3,(H,28,30)(H,29,31). The van der Waals surface area contributed by atoms with Crippen LogP contribution >= 0.6 is 0 Å². The Labute approximate surface area is 209 Å². The van der Waals surface area contributed by atoms with Crippen LogP contribution in [0, 0.1) is 34.0 Å². The molecule has 2 saturated carbocycles. The van der Waals surface area contributed by atoms with Gasteiger partial charge in [0.2, 0.25) is 11.8 Å². The van der Waals surface area contributed by atoms with E-state index in [1.165, 1.54) is 0 Å². The van der Waals surface area contributed by atoms with Gasteiger partial charge in [0.05, 0.1) is 13.2 Å². The highest BCUT2D eigenvalue weighted by atomic mass is 16.5. The molecule has 2 rings (SSSR count). The zero-order valence-electron chi connectivity index (χ0n) is 21.9. The Kier molecular flexibility index (Phi) is 9.31. The summed E-state index contributed by atoms with van der Waals surface area (Å²) in [4.78, 5) is 50.4. The molecule has 2 aliphatic rings. The first-order chi connectivity index (χ1) is 16.4. The Hall–Kier alpha value is -2.64. The monoisotopic (exact) mass is 490 g/mol. The van der Waals surface area contributed by atoms with Gasteiger partial charge in [0, 0.05) is 24.9 Å². The Bertz CT molecular complexity index is 853. The summed E-state index contributed by atoms with van der Waals surface area (Å²) >= 11 is 0. The van der Waals surface area contributed by atoms with E-state index in [0.717, 1.165) is 6.42 Å². The van der Waals surface area contributed by atoms with Gasteiger partial charge in [-0.25, -0.2) is 0 Å². The van der Waals surface area contributed by atoms with Gasteiger partial charge >= 0.3 is 11.9 Å². The maximum atomic E-state index is 12.8. The van der Waals surface area contributed by atoms with Crippen LogP contribution in [0.4, 0.5) is 0 Å². The van der Waals surface area contributed by atoms with Gasteiger partial charge in [0.15, 0.2) is 10.8 Å². The third kappa shape index (κ3) is 6.14. The minimum Gasteiger partial charge on any atom is -0.465 e. The molecule has 35 heavy (non-hydrogen) atoms. The lowest BCUT2D eigenvalue weighted by Crippen LogP contribution is -2.42.